The number of amides is 1. The van der Waals surface area contributed by atoms with Crippen molar-refractivity contribution in [3.05, 3.63) is 41.2 Å². The predicted octanol–water partition coefficient (Wildman–Crippen LogP) is 1.01. The number of hydrogen-bond donors (Lipinski definition) is 1. The van der Waals surface area contributed by atoms with Crippen LogP contribution in [0.4, 0.5) is 0 Å². The van der Waals surface area contributed by atoms with Gasteiger partial charge in [-0.15, -0.1) is 0 Å². The molecule has 100 valence electrons. The van der Waals surface area contributed by atoms with Crippen LogP contribution in [0, 0.1) is 6.92 Å². The van der Waals surface area contributed by atoms with E-state index in [0.717, 1.165) is 23.6 Å². The van der Waals surface area contributed by atoms with Crippen molar-refractivity contribution >= 4 is 5.91 Å². The second-order valence-corrected chi connectivity index (χ2v) is 4.32. The molecule has 19 heavy (non-hydrogen) atoms. The van der Waals surface area contributed by atoms with Gasteiger partial charge in [0.1, 0.15) is 5.82 Å². The van der Waals surface area contributed by atoms with Crippen LogP contribution in [0.25, 0.3) is 0 Å². The van der Waals surface area contributed by atoms with Crippen molar-refractivity contribution in [2.24, 2.45) is 7.05 Å². The lowest BCUT2D eigenvalue weighted by Gasteiger charge is -2.05. The molecule has 0 aliphatic rings. The van der Waals surface area contributed by atoms with E-state index in [1.165, 1.54) is 0 Å². The topological polar surface area (TPSA) is 72.7 Å². The van der Waals surface area contributed by atoms with Gasteiger partial charge in [0.05, 0.1) is 23.5 Å². The summed E-state index contributed by atoms with van der Waals surface area (Å²) in [5.41, 5.74) is 2.36. The van der Waals surface area contributed by atoms with Crippen molar-refractivity contribution in [3.63, 3.8) is 0 Å². The molecule has 1 amide bonds. The first-order chi connectivity index (χ1) is 9.10. The van der Waals surface area contributed by atoms with Gasteiger partial charge in [-0.1, -0.05) is 6.92 Å². The van der Waals surface area contributed by atoms with Crippen LogP contribution in [0.15, 0.2) is 18.5 Å². The van der Waals surface area contributed by atoms with Crippen LogP contribution in [0.2, 0.25) is 0 Å². The Morgan fingerprint density at radius 2 is 2.05 bits per heavy atom. The summed E-state index contributed by atoms with van der Waals surface area (Å²) in [6, 6.07) is 1.94. The minimum atomic E-state index is -0.179. The van der Waals surface area contributed by atoms with Gasteiger partial charge in [-0.3, -0.25) is 9.48 Å². The van der Waals surface area contributed by atoms with E-state index in [1.807, 2.05) is 27.0 Å². The minimum Gasteiger partial charge on any atom is -0.346 e. The van der Waals surface area contributed by atoms with E-state index in [4.69, 9.17) is 0 Å². The van der Waals surface area contributed by atoms with E-state index in [0.29, 0.717) is 12.1 Å². The first-order valence-electron chi connectivity index (χ1n) is 6.18. The number of hydrogen-bond acceptors (Lipinski definition) is 4. The molecule has 0 bridgehead atoms. The molecule has 6 heteroatoms. The van der Waals surface area contributed by atoms with Gasteiger partial charge in [-0.05, 0) is 13.0 Å². The summed E-state index contributed by atoms with van der Waals surface area (Å²) in [5, 5.41) is 7.05. The molecule has 2 rings (SSSR count). The summed E-state index contributed by atoms with van der Waals surface area (Å²) >= 11 is 0. The maximum absolute atomic E-state index is 11.9. The third kappa shape index (κ3) is 3.15. The fourth-order valence-electron chi connectivity index (χ4n) is 1.76. The molecule has 2 aromatic heterocycles. The number of aromatic nitrogens is 4. The largest absolute Gasteiger partial charge is 0.346 e. The molecule has 1 N–H and O–H groups in total. The summed E-state index contributed by atoms with van der Waals surface area (Å²) in [7, 11) is 1.85. The molecular formula is C13H17N5O. The maximum atomic E-state index is 11.9. The first kappa shape index (κ1) is 13.2. The van der Waals surface area contributed by atoms with Gasteiger partial charge in [0.25, 0.3) is 5.91 Å². The quantitative estimate of drug-likeness (QED) is 0.889. The van der Waals surface area contributed by atoms with Gasteiger partial charge in [-0.2, -0.15) is 5.10 Å². The van der Waals surface area contributed by atoms with E-state index in [2.05, 4.69) is 20.4 Å². The SMILES string of the molecule is CCc1ncc(C(=O)NCc2cc(C)nn2C)cn1. The van der Waals surface area contributed by atoms with Crippen LogP contribution in [-0.2, 0) is 20.0 Å². The predicted molar refractivity (Wildman–Crippen MR) is 70.5 cm³/mol. The number of carbonyl (C=O) groups is 1. The fraction of sp³-hybridized carbons (Fsp3) is 0.385. The van der Waals surface area contributed by atoms with E-state index in [-0.39, 0.29) is 5.91 Å². The van der Waals surface area contributed by atoms with Gasteiger partial charge in [0.15, 0.2) is 0 Å². The molecule has 0 spiro atoms. The number of rotatable bonds is 4. The van der Waals surface area contributed by atoms with Crippen molar-refractivity contribution in [1.29, 1.82) is 0 Å². The minimum absolute atomic E-state index is 0.179. The molecule has 2 aromatic rings. The average Bonchev–Trinajstić information content (AvgIpc) is 2.74. The zero-order valence-corrected chi connectivity index (χ0v) is 11.3. The molecule has 6 nitrogen and oxygen atoms in total. The third-order valence-electron chi connectivity index (χ3n) is 2.81. The van der Waals surface area contributed by atoms with Crippen molar-refractivity contribution in [2.45, 2.75) is 26.8 Å². The van der Waals surface area contributed by atoms with E-state index < -0.39 is 0 Å². The Balaban J connectivity index is 1.99. The highest BCUT2D eigenvalue weighted by atomic mass is 16.1. The van der Waals surface area contributed by atoms with E-state index >= 15 is 0 Å². The van der Waals surface area contributed by atoms with E-state index in [9.17, 15) is 4.79 Å². The molecule has 0 aliphatic heterocycles. The molecule has 0 radical (unpaired) electrons. The highest BCUT2D eigenvalue weighted by Gasteiger charge is 2.08. The summed E-state index contributed by atoms with van der Waals surface area (Å²) in [5.74, 6) is 0.556. The van der Waals surface area contributed by atoms with Gasteiger partial charge >= 0.3 is 0 Å². The number of carbonyl (C=O) groups excluding carboxylic acids is 1. The zero-order chi connectivity index (χ0) is 13.8. The van der Waals surface area contributed by atoms with Crippen LogP contribution in [0.3, 0.4) is 0 Å². The second-order valence-electron chi connectivity index (χ2n) is 4.32. The van der Waals surface area contributed by atoms with Gasteiger partial charge in [0.2, 0.25) is 0 Å². The molecule has 0 saturated heterocycles. The lowest BCUT2D eigenvalue weighted by molar-refractivity contribution is 0.0949. The molecule has 0 unspecified atom stereocenters. The maximum Gasteiger partial charge on any atom is 0.254 e. The second kappa shape index (κ2) is 5.60. The highest BCUT2D eigenvalue weighted by molar-refractivity contribution is 5.93. The Morgan fingerprint density at radius 3 is 2.58 bits per heavy atom. The average molecular weight is 259 g/mol. The molecule has 0 atom stereocenters. The first-order valence-corrected chi connectivity index (χ1v) is 6.18. The molecular weight excluding hydrogens is 242 g/mol. The van der Waals surface area contributed by atoms with Crippen molar-refractivity contribution in [1.82, 2.24) is 25.1 Å². The molecule has 0 saturated carbocycles. The highest BCUT2D eigenvalue weighted by Crippen LogP contribution is 2.02. The Bertz CT molecular complexity index is 573. The van der Waals surface area contributed by atoms with Crippen LogP contribution in [0.1, 0.15) is 34.5 Å². The van der Waals surface area contributed by atoms with Crippen LogP contribution in [-0.4, -0.2) is 25.7 Å². The molecule has 2 heterocycles. The molecule has 0 fully saturated rings. The lowest BCUT2D eigenvalue weighted by Crippen LogP contribution is -2.24. The summed E-state index contributed by atoms with van der Waals surface area (Å²) in [6.07, 6.45) is 3.86. The van der Waals surface area contributed by atoms with Gasteiger partial charge < -0.3 is 5.32 Å². The Kier molecular flexibility index (Phi) is 3.89. The number of aryl methyl sites for hydroxylation is 3. The fourth-order valence-corrected chi connectivity index (χ4v) is 1.76. The number of nitrogens with zero attached hydrogens (tertiary/aromatic N) is 4. The monoisotopic (exact) mass is 259 g/mol. The van der Waals surface area contributed by atoms with E-state index in [1.54, 1.807) is 17.1 Å². The standard InChI is InChI=1S/C13H17N5O/c1-4-12-14-6-10(7-15-12)13(19)16-8-11-5-9(2)17-18(11)3/h5-7H,4,8H2,1-3H3,(H,16,19). The molecule has 0 aromatic carbocycles. The van der Waals surface area contributed by atoms with Crippen LogP contribution in [0.5, 0.6) is 0 Å². The van der Waals surface area contributed by atoms with Crippen LogP contribution >= 0.6 is 0 Å². The molecule has 0 aliphatic carbocycles. The Labute approximate surface area is 111 Å². The zero-order valence-electron chi connectivity index (χ0n) is 11.3. The third-order valence-corrected chi connectivity index (χ3v) is 2.81. The van der Waals surface area contributed by atoms with Gasteiger partial charge in [-0.25, -0.2) is 9.97 Å². The van der Waals surface area contributed by atoms with Crippen molar-refractivity contribution < 1.29 is 4.79 Å². The smallest absolute Gasteiger partial charge is 0.254 e. The normalized spacial score (nSPS) is 10.5. The van der Waals surface area contributed by atoms with Crippen LogP contribution < -0.4 is 5.32 Å². The Morgan fingerprint density at radius 1 is 1.37 bits per heavy atom. The summed E-state index contributed by atoms with van der Waals surface area (Å²) in [4.78, 5) is 20.1. The Hall–Kier alpha value is -2.24. The summed E-state index contributed by atoms with van der Waals surface area (Å²) < 4.78 is 1.76. The lowest BCUT2D eigenvalue weighted by atomic mass is 10.3. The van der Waals surface area contributed by atoms with Gasteiger partial charge in [0, 0.05) is 25.9 Å². The van der Waals surface area contributed by atoms with Crippen molar-refractivity contribution in [2.75, 3.05) is 0 Å². The summed E-state index contributed by atoms with van der Waals surface area (Å²) in [6.45, 7) is 4.33. The number of nitrogens with one attached hydrogen (secondary N) is 1. The van der Waals surface area contributed by atoms with Crippen molar-refractivity contribution in [3.8, 4) is 0 Å².